The van der Waals surface area contributed by atoms with Gasteiger partial charge in [-0.15, -0.1) is 0 Å². The first kappa shape index (κ1) is 13.7. The summed E-state index contributed by atoms with van der Waals surface area (Å²) < 4.78 is 1.74. The molecule has 6 heteroatoms. The fraction of sp³-hybridized carbons (Fsp3) is 0.636. The molecule has 17 heavy (non-hydrogen) atoms. The van der Waals surface area contributed by atoms with E-state index in [0.717, 1.165) is 5.56 Å². The molecular formula is C11H21N5O. The summed E-state index contributed by atoms with van der Waals surface area (Å²) in [5.41, 5.74) is 6.79. The number of nitrogens with two attached hydrogens (primary N) is 1. The van der Waals surface area contributed by atoms with E-state index in [1.165, 1.54) is 0 Å². The first-order valence-electron chi connectivity index (χ1n) is 5.54. The van der Waals surface area contributed by atoms with Crippen LogP contribution < -0.4 is 5.73 Å². The largest absolute Gasteiger partial charge is 0.348 e. The van der Waals surface area contributed by atoms with Crippen LogP contribution in [0.4, 0.5) is 0 Å². The van der Waals surface area contributed by atoms with Gasteiger partial charge in [-0.25, -0.2) is 0 Å². The van der Waals surface area contributed by atoms with Gasteiger partial charge in [0.05, 0.1) is 18.8 Å². The first-order valence-corrected chi connectivity index (χ1v) is 5.54. The average molecular weight is 239 g/mol. The molecule has 0 bridgehead atoms. The van der Waals surface area contributed by atoms with E-state index in [1.54, 1.807) is 29.9 Å². The number of hydrogen-bond acceptors (Lipinski definition) is 4. The predicted molar refractivity (Wildman–Crippen MR) is 66.3 cm³/mol. The van der Waals surface area contributed by atoms with Crippen LogP contribution >= 0.6 is 0 Å². The summed E-state index contributed by atoms with van der Waals surface area (Å²) >= 11 is 0. The lowest BCUT2D eigenvalue weighted by Crippen LogP contribution is -2.38. The molecule has 1 unspecified atom stereocenters. The molecule has 6 nitrogen and oxygen atoms in total. The van der Waals surface area contributed by atoms with Gasteiger partial charge in [0.25, 0.3) is 0 Å². The topological polar surface area (TPSA) is 67.4 Å². The zero-order valence-corrected chi connectivity index (χ0v) is 10.9. The molecule has 0 fully saturated rings. The van der Waals surface area contributed by atoms with Gasteiger partial charge in [-0.2, -0.15) is 5.10 Å². The number of hydrogen-bond donors (Lipinski definition) is 1. The molecule has 1 heterocycles. The maximum atomic E-state index is 11.6. The Labute approximate surface area is 102 Å². The first-order chi connectivity index (χ1) is 7.95. The molecule has 0 aromatic carbocycles. The van der Waals surface area contributed by atoms with Crippen molar-refractivity contribution in [2.45, 2.75) is 6.04 Å². The normalized spacial score (nSPS) is 12.8. The SMILES string of the molecule is CN(C)C(=O)CN(C)C(CN)c1cnn(C)c1. The molecule has 96 valence electrons. The molecule has 1 amide bonds. The monoisotopic (exact) mass is 239 g/mol. The molecule has 1 aromatic heterocycles. The number of amides is 1. The molecule has 0 radical (unpaired) electrons. The number of carbonyl (C=O) groups is 1. The molecule has 2 N–H and O–H groups in total. The Morgan fingerprint density at radius 1 is 1.53 bits per heavy atom. The smallest absolute Gasteiger partial charge is 0.236 e. The Bertz CT molecular complexity index is 374. The van der Waals surface area contributed by atoms with Gasteiger partial charge < -0.3 is 10.6 Å². The van der Waals surface area contributed by atoms with Crippen molar-refractivity contribution in [1.82, 2.24) is 19.6 Å². The van der Waals surface area contributed by atoms with Crippen LogP contribution in [0, 0.1) is 0 Å². The molecule has 0 saturated carbocycles. The lowest BCUT2D eigenvalue weighted by molar-refractivity contribution is -0.130. The van der Waals surface area contributed by atoms with Gasteiger partial charge in [-0.1, -0.05) is 0 Å². The van der Waals surface area contributed by atoms with Gasteiger partial charge in [0.2, 0.25) is 5.91 Å². The summed E-state index contributed by atoms with van der Waals surface area (Å²) in [4.78, 5) is 15.2. The van der Waals surface area contributed by atoms with Crippen molar-refractivity contribution in [1.29, 1.82) is 0 Å². The van der Waals surface area contributed by atoms with Crippen molar-refractivity contribution in [2.24, 2.45) is 12.8 Å². The van der Waals surface area contributed by atoms with Crippen LogP contribution in [0.2, 0.25) is 0 Å². The Kier molecular flexibility index (Phi) is 4.65. The minimum Gasteiger partial charge on any atom is -0.348 e. The predicted octanol–water partition coefficient (Wildman–Crippen LogP) is -0.560. The zero-order valence-electron chi connectivity index (χ0n) is 10.9. The van der Waals surface area contributed by atoms with Crippen LogP contribution in [0.5, 0.6) is 0 Å². The second-order valence-corrected chi connectivity index (χ2v) is 4.40. The van der Waals surface area contributed by atoms with Crippen molar-refractivity contribution in [3.8, 4) is 0 Å². The second-order valence-electron chi connectivity index (χ2n) is 4.40. The molecule has 1 atom stereocenters. The highest BCUT2D eigenvalue weighted by Gasteiger charge is 2.19. The minimum absolute atomic E-state index is 0.0209. The van der Waals surface area contributed by atoms with Gasteiger partial charge in [0.15, 0.2) is 0 Å². The number of rotatable bonds is 5. The van der Waals surface area contributed by atoms with Crippen LogP contribution in [-0.4, -0.2) is 59.7 Å². The maximum absolute atomic E-state index is 11.6. The number of aromatic nitrogens is 2. The van der Waals surface area contributed by atoms with Crippen molar-refractivity contribution in [3.05, 3.63) is 18.0 Å². The summed E-state index contributed by atoms with van der Waals surface area (Å²) in [7, 11) is 7.25. The van der Waals surface area contributed by atoms with E-state index < -0.39 is 0 Å². The zero-order chi connectivity index (χ0) is 13.0. The van der Waals surface area contributed by atoms with E-state index in [1.807, 2.05) is 25.2 Å². The average Bonchev–Trinajstić information content (AvgIpc) is 2.65. The standard InChI is InChI=1S/C11H21N5O/c1-14(2)11(17)8-15(3)10(5-12)9-6-13-16(4)7-9/h6-7,10H,5,8,12H2,1-4H3. The van der Waals surface area contributed by atoms with E-state index in [2.05, 4.69) is 5.10 Å². The van der Waals surface area contributed by atoms with Crippen LogP contribution in [0.15, 0.2) is 12.4 Å². The Hall–Kier alpha value is -1.40. The lowest BCUT2D eigenvalue weighted by atomic mass is 10.1. The molecule has 1 rings (SSSR count). The minimum atomic E-state index is 0.0209. The molecule has 0 aliphatic heterocycles. The molecule has 0 saturated heterocycles. The number of aryl methyl sites for hydroxylation is 1. The van der Waals surface area contributed by atoms with Gasteiger partial charge in [-0.3, -0.25) is 14.4 Å². The van der Waals surface area contributed by atoms with Crippen molar-refractivity contribution in [3.63, 3.8) is 0 Å². The van der Waals surface area contributed by atoms with Gasteiger partial charge in [0, 0.05) is 39.4 Å². The molecule has 1 aromatic rings. The van der Waals surface area contributed by atoms with E-state index in [-0.39, 0.29) is 11.9 Å². The third kappa shape index (κ3) is 3.54. The number of likely N-dealkylation sites (N-methyl/N-ethyl adjacent to an activating group) is 2. The highest BCUT2D eigenvalue weighted by molar-refractivity contribution is 5.77. The Balaban J connectivity index is 2.71. The van der Waals surface area contributed by atoms with E-state index in [4.69, 9.17) is 5.73 Å². The number of nitrogens with zero attached hydrogens (tertiary/aromatic N) is 4. The van der Waals surface area contributed by atoms with Gasteiger partial charge in [0.1, 0.15) is 0 Å². The maximum Gasteiger partial charge on any atom is 0.236 e. The fourth-order valence-electron chi connectivity index (χ4n) is 1.65. The highest BCUT2D eigenvalue weighted by Crippen LogP contribution is 2.16. The molecule has 0 spiro atoms. The van der Waals surface area contributed by atoms with Crippen LogP contribution in [-0.2, 0) is 11.8 Å². The van der Waals surface area contributed by atoms with E-state index in [9.17, 15) is 4.79 Å². The van der Waals surface area contributed by atoms with Gasteiger partial charge >= 0.3 is 0 Å². The van der Waals surface area contributed by atoms with E-state index >= 15 is 0 Å². The Morgan fingerprint density at radius 2 is 2.18 bits per heavy atom. The van der Waals surface area contributed by atoms with Crippen molar-refractivity contribution >= 4 is 5.91 Å². The molecule has 0 aliphatic carbocycles. The van der Waals surface area contributed by atoms with Gasteiger partial charge in [-0.05, 0) is 7.05 Å². The van der Waals surface area contributed by atoms with Crippen LogP contribution in [0.25, 0.3) is 0 Å². The van der Waals surface area contributed by atoms with Crippen LogP contribution in [0.3, 0.4) is 0 Å². The summed E-state index contributed by atoms with van der Waals surface area (Å²) in [6, 6.07) is 0.0209. The molecule has 0 aliphatic rings. The summed E-state index contributed by atoms with van der Waals surface area (Å²) in [5, 5.41) is 4.12. The van der Waals surface area contributed by atoms with Crippen molar-refractivity contribution in [2.75, 3.05) is 34.2 Å². The summed E-state index contributed by atoms with van der Waals surface area (Å²) in [6.07, 6.45) is 3.71. The van der Waals surface area contributed by atoms with Crippen molar-refractivity contribution < 1.29 is 4.79 Å². The summed E-state index contributed by atoms with van der Waals surface area (Å²) in [5.74, 6) is 0.0647. The lowest BCUT2D eigenvalue weighted by Gasteiger charge is -2.26. The highest BCUT2D eigenvalue weighted by atomic mass is 16.2. The van der Waals surface area contributed by atoms with E-state index in [0.29, 0.717) is 13.1 Å². The number of carbonyl (C=O) groups excluding carboxylic acids is 1. The van der Waals surface area contributed by atoms with Crippen LogP contribution in [0.1, 0.15) is 11.6 Å². The summed E-state index contributed by atoms with van der Waals surface area (Å²) in [6.45, 7) is 0.812. The Morgan fingerprint density at radius 3 is 2.59 bits per heavy atom. The third-order valence-corrected chi connectivity index (χ3v) is 2.75. The quantitative estimate of drug-likeness (QED) is 0.748. The third-order valence-electron chi connectivity index (χ3n) is 2.75. The molecular weight excluding hydrogens is 218 g/mol. The fourth-order valence-corrected chi connectivity index (χ4v) is 1.65. The second kappa shape index (κ2) is 5.79.